The van der Waals surface area contributed by atoms with Gasteiger partial charge in [0, 0.05) is 38.1 Å². The minimum absolute atomic E-state index is 0.0250. The fourth-order valence-electron chi connectivity index (χ4n) is 3.82. The van der Waals surface area contributed by atoms with Gasteiger partial charge in [0.05, 0.1) is 0 Å². The molecular weight excluding hydrogens is 424 g/mol. The van der Waals surface area contributed by atoms with Gasteiger partial charge in [-0.05, 0) is 29.2 Å². The van der Waals surface area contributed by atoms with Crippen LogP contribution < -0.4 is 10.6 Å². The molecule has 0 bridgehead atoms. The molecule has 0 aliphatic heterocycles. The SMILES string of the molecule is COC(CCNC(=O)OCC1c2ccccc2-c2ccccc21)C(=O)NC/C=C(\C)C(=O)O. The van der Waals surface area contributed by atoms with E-state index in [1.807, 2.05) is 24.3 Å². The zero-order valence-electron chi connectivity index (χ0n) is 18.7. The van der Waals surface area contributed by atoms with Crippen molar-refractivity contribution in [3.8, 4) is 11.1 Å². The molecule has 1 aliphatic rings. The lowest BCUT2D eigenvalue weighted by molar-refractivity contribution is -0.133. The molecule has 0 heterocycles. The number of fused-ring (bicyclic) bond motifs is 3. The second-order valence-electron chi connectivity index (χ2n) is 7.70. The number of ether oxygens (including phenoxy) is 2. The highest BCUT2D eigenvalue weighted by molar-refractivity contribution is 5.86. The minimum Gasteiger partial charge on any atom is -0.478 e. The monoisotopic (exact) mass is 452 g/mol. The molecular formula is C25H28N2O6. The lowest BCUT2D eigenvalue weighted by atomic mass is 9.98. The van der Waals surface area contributed by atoms with E-state index in [-0.39, 0.29) is 43.5 Å². The summed E-state index contributed by atoms with van der Waals surface area (Å²) < 4.78 is 10.7. The van der Waals surface area contributed by atoms with Crippen molar-refractivity contribution < 1.29 is 29.0 Å². The maximum Gasteiger partial charge on any atom is 0.407 e. The number of methoxy groups -OCH3 is 1. The van der Waals surface area contributed by atoms with Gasteiger partial charge < -0.3 is 25.2 Å². The highest BCUT2D eigenvalue weighted by atomic mass is 16.5. The molecule has 1 atom stereocenters. The van der Waals surface area contributed by atoms with Crippen molar-refractivity contribution in [1.82, 2.24) is 10.6 Å². The van der Waals surface area contributed by atoms with Crippen molar-refractivity contribution >= 4 is 18.0 Å². The predicted octanol–water partition coefficient (Wildman–Crippen LogP) is 3.08. The Kier molecular flexibility index (Phi) is 8.21. The van der Waals surface area contributed by atoms with Crippen LogP contribution in [0.1, 0.15) is 30.4 Å². The van der Waals surface area contributed by atoms with E-state index >= 15 is 0 Å². The predicted molar refractivity (Wildman–Crippen MR) is 123 cm³/mol. The average molecular weight is 453 g/mol. The molecule has 0 aromatic heterocycles. The molecule has 8 nitrogen and oxygen atoms in total. The van der Waals surface area contributed by atoms with E-state index in [0.717, 1.165) is 22.3 Å². The van der Waals surface area contributed by atoms with Crippen molar-refractivity contribution in [3.05, 3.63) is 71.3 Å². The third-order valence-electron chi connectivity index (χ3n) is 5.62. The van der Waals surface area contributed by atoms with E-state index in [4.69, 9.17) is 14.6 Å². The number of benzene rings is 2. The zero-order valence-corrected chi connectivity index (χ0v) is 18.7. The average Bonchev–Trinajstić information content (AvgIpc) is 3.14. The first-order valence-corrected chi connectivity index (χ1v) is 10.7. The molecule has 8 heteroatoms. The van der Waals surface area contributed by atoms with Gasteiger partial charge in [0.2, 0.25) is 5.91 Å². The number of carboxylic acid groups (broad SMARTS) is 1. The van der Waals surface area contributed by atoms with E-state index in [0.29, 0.717) is 0 Å². The standard InChI is InChI=1S/C25H28N2O6/c1-16(24(29)30)11-13-26-23(28)22(32-2)12-14-27-25(31)33-15-21-19-9-5-3-7-17(19)18-8-4-6-10-20(18)21/h3-11,21-22H,12-15H2,1-2H3,(H,26,28)(H,27,31)(H,29,30)/b16-11+. The summed E-state index contributed by atoms with van der Waals surface area (Å²) in [6.07, 6.45) is 0.306. The van der Waals surface area contributed by atoms with E-state index in [1.165, 1.54) is 20.1 Å². The van der Waals surface area contributed by atoms with E-state index in [2.05, 4.69) is 34.9 Å². The van der Waals surface area contributed by atoms with E-state index in [1.54, 1.807) is 0 Å². The maximum atomic E-state index is 12.2. The number of rotatable bonds is 10. The first-order chi connectivity index (χ1) is 15.9. The van der Waals surface area contributed by atoms with E-state index < -0.39 is 18.2 Å². The van der Waals surface area contributed by atoms with Gasteiger partial charge in [-0.25, -0.2) is 9.59 Å². The number of carbonyl (C=O) groups excluding carboxylic acids is 2. The highest BCUT2D eigenvalue weighted by Crippen LogP contribution is 2.44. The molecule has 0 saturated heterocycles. The first kappa shape index (κ1) is 24.0. The van der Waals surface area contributed by atoms with Crippen LogP contribution in [0.3, 0.4) is 0 Å². The fourth-order valence-corrected chi connectivity index (χ4v) is 3.82. The molecule has 2 amide bonds. The van der Waals surface area contributed by atoms with Crippen LogP contribution in [0.25, 0.3) is 11.1 Å². The first-order valence-electron chi connectivity index (χ1n) is 10.7. The smallest absolute Gasteiger partial charge is 0.407 e. The van der Waals surface area contributed by atoms with Crippen molar-refractivity contribution in [2.24, 2.45) is 0 Å². The molecule has 3 rings (SSSR count). The van der Waals surface area contributed by atoms with Crippen LogP contribution in [0.2, 0.25) is 0 Å². The van der Waals surface area contributed by atoms with Gasteiger partial charge >= 0.3 is 12.1 Å². The Morgan fingerprint density at radius 2 is 1.64 bits per heavy atom. The number of alkyl carbamates (subject to hydrolysis) is 1. The molecule has 33 heavy (non-hydrogen) atoms. The number of carboxylic acids is 1. The summed E-state index contributed by atoms with van der Waals surface area (Å²) in [6, 6.07) is 16.2. The number of hydrogen-bond donors (Lipinski definition) is 3. The molecule has 2 aromatic carbocycles. The van der Waals surface area contributed by atoms with Crippen molar-refractivity contribution in [1.29, 1.82) is 0 Å². The number of nitrogens with one attached hydrogen (secondary N) is 2. The normalized spacial score (nSPS) is 13.6. The zero-order chi connectivity index (χ0) is 23.8. The van der Waals surface area contributed by atoms with E-state index in [9.17, 15) is 14.4 Å². The van der Waals surface area contributed by atoms with Crippen LogP contribution in [-0.4, -0.2) is 56.0 Å². The Morgan fingerprint density at radius 1 is 1.03 bits per heavy atom. The topological polar surface area (TPSA) is 114 Å². The van der Waals surface area contributed by atoms with Crippen LogP contribution in [0.15, 0.2) is 60.2 Å². The molecule has 1 aliphatic carbocycles. The Hall–Kier alpha value is -3.65. The summed E-state index contributed by atoms with van der Waals surface area (Å²) in [7, 11) is 1.40. The van der Waals surface area contributed by atoms with Crippen molar-refractivity contribution in [2.45, 2.75) is 25.4 Å². The Balaban J connectivity index is 1.45. The third kappa shape index (κ3) is 5.98. The van der Waals surface area contributed by atoms with Crippen LogP contribution in [0.5, 0.6) is 0 Å². The molecule has 2 aromatic rings. The lowest BCUT2D eigenvalue weighted by Gasteiger charge is -2.16. The number of amides is 2. The third-order valence-corrected chi connectivity index (χ3v) is 5.62. The highest BCUT2D eigenvalue weighted by Gasteiger charge is 2.29. The largest absolute Gasteiger partial charge is 0.478 e. The summed E-state index contributed by atoms with van der Waals surface area (Å²) in [5, 5.41) is 14.1. The van der Waals surface area contributed by atoms with Gasteiger partial charge in [0.1, 0.15) is 12.7 Å². The molecule has 0 fully saturated rings. The van der Waals surface area contributed by atoms with Gasteiger partial charge in [-0.1, -0.05) is 54.6 Å². The van der Waals surface area contributed by atoms with Gasteiger partial charge in [-0.15, -0.1) is 0 Å². The van der Waals surface area contributed by atoms with Gasteiger partial charge in [-0.2, -0.15) is 0 Å². The fraction of sp³-hybridized carbons (Fsp3) is 0.320. The molecule has 0 saturated carbocycles. The molecule has 1 unspecified atom stereocenters. The molecule has 0 spiro atoms. The Morgan fingerprint density at radius 3 is 2.21 bits per heavy atom. The lowest BCUT2D eigenvalue weighted by Crippen LogP contribution is -2.39. The van der Waals surface area contributed by atoms with Crippen molar-refractivity contribution in [2.75, 3.05) is 26.8 Å². The summed E-state index contributed by atoms with van der Waals surface area (Å²) in [4.78, 5) is 35.2. The van der Waals surface area contributed by atoms with Crippen molar-refractivity contribution in [3.63, 3.8) is 0 Å². The number of hydrogen-bond acceptors (Lipinski definition) is 5. The second-order valence-corrected chi connectivity index (χ2v) is 7.70. The molecule has 0 radical (unpaired) electrons. The van der Waals surface area contributed by atoms with Gasteiger partial charge in [0.15, 0.2) is 0 Å². The number of aliphatic carboxylic acids is 1. The van der Waals surface area contributed by atoms with Crippen LogP contribution in [0.4, 0.5) is 4.79 Å². The Labute approximate surface area is 192 Å². The summed E-state index contributed by atoms with van der Waals surface area (Å²) >= 11 is 0. The van der Waals surface area contributed by atoms with Gasteiger partial charge in [-0.3, -0.25) is 4.79 Å². The minimum atomic E-state index is -1.04. The Bertz CT molecular complexity index is 1000. The van der Waals surface area contributed by atoms with Crippen LogP contribution >= 0.6 is 0 Å². The molecule has 174 valence electrons. The van der Waals surface area contributed by atoms with Crippen LogP contribution in [-0.2, 0) is 19.1 Å². The quantitative estimate of drug-likeness (QED) is 0.478. The second kappa shape index (κ2) is 11.3. The van der Waals surface area contributed by atoms with Gasteiger partial charge in [0.25, 0.3) is 0 Å². The van der Waals surface area contributed by atoms with Crippen LogP contribution in [0, 0.1) is 0 Å². The molecule has 3 N–H and O–H groups in total. The summed E-state index contributed by atoms with van der Waals surface area (Å²) in [6.45, 7) is 1.92. The maximum absolute atomic E-state index is 12.2. The number of carbonyl (C=O) groups is 3. The summed E-state index contributed by atoms with van der Waals surface area (Å²) in [5.41, 5.74) is 4.72. The summed E-state index contributed by atoms with van der Waals surface area (Å²) in [5.74, 6) is -1.45.